The van der Waals surface area contributed by atoms with Gasteiger partial charge in [0.1, 0.15) is 0 Å². The number of rotatable bonds is 0. The van der Waals surface area contributed by atoms with E-state index in [1.54, 1.807) is 0 Å². The fourth-order valence-electron chi connectivity index (χ4n) is 0. The van der Waals surface area contributed by atoms with Gasteiger partial charge in [-0.05, 0) is 0 Å². The standard InChI is InChI=1S/4CH3NS2.2Cu/c4*2-1(3)4;;/h4*(H3,2,3,4);;/q;;;;2*+2/p-4. The third-order valence-electron chi connectivity index (χ3n) is 0. The first-order valence-corrected chi connectivity index (χ1v) is 6.05. The maximum atomic E-state index is 4.66. The zero-order valence-electron chi connectivity index (χ0n) is 8.18. The van der Waals surface area contributed by atoms with E-state index >= 15 is 0 Å². The molecule has 0 amide bonds. The first kappa shape index (κ1) is 36.6. The van der Waals surface area contributed by atoms with Gasteiger partial charge in [-0.3, -0.25) is 0 Å². The molecule has 0 heterocycles. The normalized spacial score (nSPS) is 5.33. The number of hydrogen-bond acceptors (Lipinski definition) is 8. The van der Waals surface area contributed by atoms with E-state index in [0.717, 1.165) is 0 Å². The van der Waals surface area contributed by atoms with Crippen LogP contribution in [-0.4, -0.2) is 17.3 Å². The molecule has 0 aliphatic carbocycles. The van der Waals surface area contributed by atoms with Gasteiger partial charge in [-0.1, -0.05) is 17.3 Å². The molecule has 8 N–H and O–H groups in total. The summed E-state index contributed by atoms with van der Waals surface area (Å²) >= 11 is 33.0. The Balaban J connectivity index is -0.0000000257. The van der Waals surface area contributed by atoms with Gasteiger partial charge in [0.2, 0.25) is 0 Å². The van der Waals surface area contributed by atoms with Crippen LogP contribution < -0.4 is 22.9 Å². The molecule has 0 saturated carbocycles. The van der Waals surface area contributed by atoms with Crippen LogP contribution in [0.5, 0.6) is 0 Å². The van der Waals surface area contributed by atoms with Crippen LogP contribution in [0.15, 0.2) is 0 Å². The molecule has 18 heavy (non-hydrogen) atoms. The van der Waals surface area contributed by atoms with Gasteiger partial charge < -0.3 is 122 Å². The van der Waals surface area contributed by atoms with Gasteiger partial charge in [-0.2, -0.15) is 0 Å². The minimum absolute atomic E-state index is 0. The van der Waals surface area contributed by atoms with E-state index in [4.69, 9.17) is 0 Å². The predicted molar refractivity (Wildman–Crippen MR) is 96.6 cm³/mol. The van der Waals surface area contributed by atoms with Crippen molar-refractivity contribution in [2.75, 3.05) is 0 Å². The number of hydrogen-bond donors (Lipinski definition) is 4. The van der Waals surface area contributed by atoms with Crippen molar-refractivity contribution in [3.05, 3.63) is 0 Å². The van der Waals surface area contributed by atoms with Crippen LogP contribution >= 0.6 is 48.9 Å². The van der Waals surface area contributed by atoms with Gasteiger partial charge in [0.25, 0.3) is 0 Å². The van der Waals surface area contributed by atoms with E-state index in [-0.39, 0.29) is 51.4 Å². The summed E-state index contributed by atoms with van der Waals surface area (Å²) in [6, 6.07) is 0. The zero-order valence-corrected chi connectivity index (χ0v) is 16.6. The molecule has 0 atom stereocenters. The van der Waals surface area contributed by atoms with Crippen molar-refractivity contribution in [1.29, 1.82) is 0 Å². The quantitative estimate of drug-likeness (QED) is 0.190. The summed E-state index contributed by atoms with van der Waals surface area (Å²) in [6.07, 6.45) is 0. The van der Waals surface area contributed by atoms with Gasteiger partial charge in [-0.15, -0.1) is 0 Å². The van der Waals surface area contributed by atoms with Crippen LogP contribution in [0.25, 0.3) is 0 Å². The minimum atomic E-state index is 0. The Bertz CT molecular complexity index is 173. The number of nitrogens with two attached hydrogens (primary N) is 4. The van der Waals surface area contributed by atoms with Gasteiger partial charge in [0.05, 0.1) is 0 Å². The summed E-state index contributed by atoms with van der Waals surface area (Å²) in [5.74, 6) is 0. The van der Waals surface area contributed by atoms with E-state index in [1.807, 2.05) is 0 Å². The predicted octanol–water partition coefficient (Wildman–Crippen LogP) is -0.897. The minimum Gasteiger partial charge on any atom is -0.415 e. The Morgan fingerprint density at radius 3 is 0.500 bits per heavy atom. The summed E-state index contributed by atoms with van der Waals surface area (Å²) in [7, 11) is 0. The molecule has 0 aliphatic rings. The van der Waals surface area contributed by atoms with Gasteiger partial charge in [0, 0.05) is 0 Å². The molecule has 114 valence electrons. The van der Waals surface area contributed by atoms with Crippen LogP contribution in [0.3, 0.4) is 0 Å². The topological polar surface area (TPSA) is 104 Å². The van der Waals surface area contributed by atoms with Crippen LogP contribution in [0.1, 0.15) is 0 Å². The summed E-state index contributed by atoms with van der Waals surface area (Å²) in [5.41, 5.74) is 18.6. The van der Waals surface area contributed by atoms with Crippen LogP contribution in [0.2, 0.25) is 0 Å². The molecule has 0 aromatic carbocycles. The summed E-state index contributed by atoms with van der Waals surface area (Å²) < 4.78 is 0.333. The first-order chi connectivity index (χ1) is 6.93. The first-order valence-electron chi connectivity index (χ1n) is 2.79. The molecule has 0 unspecified atom stereocenters. The molecule has 0 aliphatic heterocycles. The Hall–Kier alpha value is 1.48. The van der Waals surface area contributed by atoms with E-state index in [9.17, 15) is 0 Å². The molecule has 0 bridgehead atoms. The van der Waals surface area contributed by atoms with Crippen LogP contribution in [0, 0.1) is 0 Å². The SMILES string of the molecule is NC(=S)[S-].NC(=S)[S-].NC(=S)[S-].NC(=S)[S-].[Cu+2].[Cu+2]. The maximum absolute atomic E-state index is 4.66. The van der Waals surface area contributed by atoms with Gasteiger partial charge in [-0.25, -0.2) is 0 Å². The molecule has 4 nitrogen and oxygen atoms in total. The van der Waals surface area contributed by atoms with E-state index in [2.05, 4.69) is 122 Å². The molecule has 2 radical (unpaired) electrons. The van der Waals surface area contributed by atoms with Crippen LogP contribution in [0.4, 0.5) is 0 Å². The molecule has 0 saturated heterocycles. The van der Waals surface area contributed by atoms with Crippen LogP contribution in [-0.2, 0) is 84.7 Å². The largest absolute Gasteiger partial charge is 2.00 e. The maximum Gasteiger partial charge on any atom is 2.00 e. The third kappa shape index (κ3) is 2170. The van der Waals surface area contributed by atoms with Gasteiger partial charge >= 0.3 is 34.1 Å². The number of thiocarbonyl (C=S) groups is 4. The Morgan fingerprint density at radius 2 is 0.500 bits per heavy atom. The van der Waals surface area contributed by atoms with Crippen molar-refractivity contribution >= 4 is 117 Å². The molecule has 0 aromatic rings. The molecule has 0 spiro atoms. The van der Waals surface area contributed by atoms with Crippen molar-refractivity contribution in [3.63, 3.8) is 0 Å². The fourth-order valence-corrected chi connectivity index (χ4v) is 0. The molecule has 0 aromatic heterocycles. The van der Waals surface area contributed by atoms with E-state index < -0.39 is 0 Å². The second kappa shape index (κ2) is 31.1. The monoisotopic (exact) mass is 494 g/mol. The second-order valence-electron chi connectivity index (χ2n) is 1.28. The van der Waals surface area contributed by atoms with Gasteiger partial charge in [0.15, 0.2) is 0 Å². The summed E-state index contributed by atoms with van der Waals surface area (Å²) in [5, 5.41) is 0. The Kier molecular flexibility index (Phi) is 63.2. The molecule has 0 fully saturated rings. The summed E-state index contributed by atoms with van der Waals surface area (Å²) in [6.45, 7) is 0. The zero-order chi connectivity index (χ0) is 14.3. The Labute approximate surface area is 171 Å². The van der Waals surface area contributed by atoms with Crippen molar-refractivity contribution in [2.24, 2.45) is 22.9 Å². The smallest absolute Gasteiger partial charge is 0.415 e. The van der Waals surface area contributed by atoms with E-state index in [0.29, 0.717) is 0 Å². The molecule has 0 rings (SSSR count). The van der Waals surface area contributed by atoms with Crippen molar-refractivity contribution in [1.82, 2.24) is 0 Å². The molecular weight excluding hydrogens is 488 g/mol. The molecule has 14 heteroatoms. The molecular formula is C4H8Cu2N4S8. The Morgan fingerprint density at radius 1 is 0.500 bits per heavy atom. The van der Waals surface area contributed by atoms with Crippen molar-refractivity contribution in [3.8, 4) is 0 Å². The fraction of sp³-hybridized carbons (Fsp3) is 0. The van der Waals surface area contributed by atoms with Crippen molar-refractivity contribution in [2.45, 2.75) is 0 Å². The summed E-state index contributed by atoms with van der Waals surface area (Å²) in [4.78, 5) is 0. The van der Waals surface area contributed by atoms with E-state index in [1.165, 1.54) is 0 Å². The average Bonchev–Trinajstić information content (AvgIpc) is 1.76. The third-order valence-corrected chi connectivity index (χ3v) is 0. The van der Waals surface area contributed by atoms with Crippen molar-refractivity contribution < 1.29 is 34.1 Å². The average molecular weight is 496 g/mol. The second-order valence-corrected chi connectivity index (χ2v) is 5.83.